The lowest BCUT2D eigenvalue weighted by molar-refractivity contribution is -0.130. The molecule has 2 amide bonds. The van der Waals surface area contributed by atoms with Crippen LogP contribution in [0.15, 0.2) is 36.4 Å². The zero-order valence-corrected chi connectivity index (χ0v) is 20.0. The van der Waals surface area contributed by atoms with Crippen LogP contribution in [0.5, 0.6) is 0 Å². The predicted octanol–water partition coefficient (Wildman–Crippen LogP) is 4.41. The van der Waals surface area contributed by atoms with Gasteiger partial charge in [-0.1, -0.05) is 37.2 Å². The first-order valence-corrected chi connectivity index (χ1v) is 11.7. The summed E-state index contributed by atoms with van der Waals surface area (Å²) in [7, 11) is 0. The van der Waals surface area contributed by atoms with Gasteiger partial charge in [0.05, 0.1) is 17.5 Å². The van der Waals surface area contributed by atoms with Crippen molar-refractivity contribution in [2.24, 2.45) is 5.92 Å². The SMILES string of the molecule is C=C(C)C(=O)NC1(CC(=O)NC(C)(C)c2cccc(Cl)c2)CN(C2CCC(C)CC2)C1. The van der Waals surface area contributed by atoms with E-state index in [0.29, 0.717) is 29.7 Å². The first kappa shape index (κ1) is 23.8. The number of hydrogen-bond acceptors (Lipinski definition) is 3. The lowest BCUT2D eigenvalue weighted by Gasteiger charge is -2.54. The van der Waals surface area contributed by atoms with Gasteiger partial charge >= 0.3 is 0 Å². The Labute approximate surface area is 191 Å². The van der Waals surface area contributed by atoms with E-state index in [9.17, 15) is 9.59 Å². The number of benzene rings is 1. The summed E-state index contributed by atoms with van der Waals surface area (Å²) in [6.07, 6.45) is 5.14. The number of hydrogen-bond donors (Lipinski definition) is 2. The zero-order valence-electron chi connectivity index (χ0n) is 19.3. The van der Waals surface area contributed by atoms with Crippen LogP contribution in [0.4, 0.5) is 0 Å². The second-order valence-corrected chi connectivity index (χ2v) is 10.6. The molecule has 0 unspecified atom stereocenters. The molecule has 1 aromatic carbocycles. The summed E-state index contributed by atoms with van der Waals surface area (Å²) in [5.74, 6) is 0.535. The summed E-state index contributed by atoms with van der Waals surface area (Å²) in [5, 5.41) is 6.89. The molecule has 6 heteroatoms. The number of halogens is 1. The van der Waals surface area contributed by atoms with Crippen molar-refractivity contribution in [3.8, 4) is 0 Å². The molecule has 1 aliphatic heterocycles. The Balaban J connectivity index is 1.66. The van der Waals surface area contributed by atoms with Gasteiger partial charge in [-0.15, -0.1) is 0 Å². The predicted molar refractivity (Wildman–Crippen MR) is 126 cm³/mol. The van der Waals surface area contributed by atoms with E-state index in [1.807, 2.05) is 38.1 Å². The summed E-state index contributed by atoms with van der Waals surface area (Å²) < 4.78 is 0. The normalized spacial score (nSPS) is 23.5. The number of likely N-dealkylation sites (tertiary alicyclic amines) is 1. The first-order chi connectivity index (χ1) is 14.5. The van der Waals surface area contributed by atoms with Crippen molar-refractivity contribution in [3.05, 3.63) is 47.0 Å². The quantitative estimate of drug-likeness (QED) is 0.611. The molecule has 5 nitrogen and oxygen atoms in total. The number of carbonyl (C=O) groups excluding carboxylic acids is 2. The molecule has 0 atom stereocenters. The largest absolute Gasteiger partial charge is 0.347 e. The van der Waals surface area contributed by atoms with E-state index in [1.165, 1.54) is 25.7 Å². The molecular formula is C25H36ClN3O2. The van der Waals surface area contributed by atoms with Gasteiger partial charge in [0.15, 0.2) is 0 Å². The Morgan fingerprint density at radius 2 is 1.87 bits per heavy atom. The van der Waals surface area contributed by atoms with Crippen molar-refractivity contribution >= 4 is 23.4 Å². The Kier molecular flexibility index (Phi) is 7.17. The van der Waals surface area contributed by atoms with Gasteiger partial charge in [0, 0.05) is 29.7 Å². The van der Waals surface area contributed by atoms with Gasteiger partial charge < -0.3 is 10.6 Å². The smallest absolute Gasteiger partial charge is 0.246 e. The number of amides is 2. The van der Waals surface area contributed by atoms with Crippen molar-refractivity contribution in [2.75, 3.05) is 13.1 Å². The molecule has 0 aromatic heterocycles. The fourth-order valence-corrected chi connectivity index (χ4v) is 5.02. The minimum Gasteiger partial charge on any atom is -0.347 e. The maximum Gasteiger partial charge on any atom is 0.246 e. The van der Waals surface area contributed by atoms with E-state index >= 15 is 0 Å². The second-order valence-electron chi connectivity index (χ2n) is 10.2. The van der Waals surface area contributed by atoms with Gasteiger partial charge in [0.1, 0.15) is 0 Å². The topological polar surface area (TPSA) is 61.4 Å². The van der Waals surface area contributed by atoms with E-state index < -0.39 is 11.1 Å². The van der Waals surface area contributed by atoms with Crippen LogP contribution in [-0.4, -0.2) is 41.4 Å². The van der Waals surface area contributed by atoms with E-state index in [2.05, 4.69) is 29.0 Å². The fraction of sp³-hybridized carbons (Fsp3) is 0.600. The average molecular weight is 446 g/mol. The summed E-state index contributed by atoms with van der Waals surface area (Å²) >= 11 is 6.14. The van der Waals surface area contributed by atoms with Crippen LogP contribution in [0.1, 0.15) is 65.4 Å². The first-order valence-electron chi connectivity index (χ1n) is 11.3. The van der Waals surface area contributed by atoms with Crippen LogP contribution in [0.2, 0.25) is 5.02 Å². The third-order valence-electron chi connectivity index (χ3n) is 6.78. The van der Waals surface area contributed by atoms with Crippen molar-refractivity contribution in [1.29, 1.82) is 0 Å². The van der Waals surface area contributed by atoms with Crippen LogP contribution in [-0.2, 0) is 15.1 Å². The molecule has 170 valence electrons. The van der Waals surface area contributed by atoms with E-state index in [-0.39, 0.29) is 18.2 Å². The monoisotopic (exact) mass is 445 g/mol. The highest BCUT2D eigenvalue weighted by Gasteiger charge is 2.48. The number of nitrogens with one attached hydrogen (secondary N) is 2. The molecule has 1 aliphatic carbocycles. The maximum atomic E-state index is 13.1. The number of rotatable bonds is 7. The average Bonchev–Trinajstić information content (AvgIpc) is 2.65. The van der Waals surface area contributed by atoms with Crippen LogP contribution in [0.25, 0.3) is 0 Å². The summed E-state index contributed by atoms with van der Waals surface area (Å²) in [6.45, 7) is 13.1. The molecule has 0 spiro atoms. The van der Waals surface area contributed by atoms with E-state index in [1.54, 1.807) is 6.92 Å². The highest BCUT2D eigenvalue weighted by molar-refractivity contribution is 6.30. The molecule has 31 heavy (non-hydrogen) atoms. The van der Waals surface area contributed by atoms with Crippen LogP contribution >= 0.6 is 11.6 Å². The zero-order chi connectivity index (χ0) is 22.8. The van der Waals surface area contributed by atoms with Gasteiger partial charge in [0.2, 0.25) is 11.8 Å². The number of carbonyl (C=O) groups is 2. The van der Waals surface area contributed by atoms with Gasteiger partial charge in [-0.05, 0) is 70.1 Å². The van der Waals surface area contributed by atoms with Crippen molar-refractivity contribution in [2.45, 2.75) is 76.9 Å². The number of nitrogens with zero attached hydrogens (tertiary/aromatic N) is 1. The van der Waals surface area contributed by atoms with Crippen LogP contribution in [0, 0.1) is 5.92 Å². The lowest BCUT2D eigenvalue weighted by atomic mass is 9.79. The van der Waals surface area contributed by atoms with Gasteiger partial charge in [-0.3, -0.25) is 14.5 Å². The van der Waals surface area contributed by atoms with Crippen molar-refractivity contribution < 1.29 is 9.59 Å². The Bertz CT molecular complexity index is 837. The van der Waals surface area contributed by atoms with Crippen LogP contribution < -0.4 is 10.6 Å². The summed E-state index contributed by atoms with van der Waals surface area (Å²) in [6, 6.07) is 8.09. The molecule has 3 rings (SSSR count). The Morgan fingerprint density at radius 3 is 2.45 bits per heavy atom. The van der Waals surface area contributed by atoms with Gasteiger partial charge in [0.25, 0.3) is 0 Å². The molecule has 1 saturated heterocycles. The Hall–Kier alpha value is -1.85. The molecular weight excluding hydrogens is 410 g/mol. The maximum absolute atomic E-state index is 13.1. The Morgan fingerprint density at radius 1 is 1.23 bits per heavy atom. The van der Waals surface area contributed by atoms with E-state index in [4.69, 9.17) is 11.6 Å². The molecule has 1 heterocycles. The molecule has 2 aliphatic rings. The van der Waals surface area contributed by atoms with Crippen LogP contribution in [0.3, 0.4) is 0 Å². The molecule has 2 fully saturated rings. The minimum absolute atomic E-state index is 0.0797. The van der Waals surface area contributed by atoms with Crippen molar-refractivity contribution in [3.63, 3.8) is 0 Å². The molecule has 2 N–H and O–H groups in total. The standard InChI is InChI=1S/C25H36ClN3O2/c1-17(2)23(31)28-25(15-29(16-25)21-11-9-18(3)10-12-21)14-22(30)27-24(4,5)19-7-6-8-20(26)13-19/h6-8,13,18,21H,1,9-12,14-16H2,2-5H3,(H,27,30)(H,28,31). The summed E-state index contributed by atoms with van der Waals surface area (Å²) in [5.41, 5.74) is 0.293. The molecule has 0 radical (unpaired) electrons. The highest BCUT2D eigenvalue weighted by atomic mass is 35.5. The van der Waals surface area contributed by atoms with Crippen molar-refractivity contribution in [1.82, 2.24) is 15.5 Å². The molecule has 1 saturated carbocycles. The molecule has 1 aromatic rings. The molecule has 0 bridgehead atoms. The highest BCUT2D eigenvalue weighted by Crippen LogP contribution is 2.35. The van der Waals surface area contributed by atoms with E-state index in [0.717, 1.165) is 11.5 Å². The lowest BCUT2D eigenvalue weighted by Crippen LogP contribution is -2.73. The third kappa shape index (κ3) is 5.89. The third-order valence-corrected chi connectivity index (χ3v) is 7.01. The summed E-state index contributed by atoms with van der Waals surface area (Å²) in [4.78, 5) is 27.9. The fourth-order valence-electron chi connectivity index (χ4n) is 4.83. The van der Waals surface area contributed by atoms with Gasteiger partial charge in [-0.25, -0.2) is 0 Å². The minimum atomic E-state index is -0.565. The van der Waals surface area contributed by atoms with Gasteiger partial charge in [-0.2, -0.15) is 0 Å². The second kappa shape index (κ2) is 9.33.